The van der Waals surface area contributed by atoms with Gasteiger partial charge in [-0.15, -0.1) is 5.10 Å². The molecular formula is C17H24N6O2. The minimum atomic E-state index is -0.294. The Morgan fingerprint density at radius 1 is 1.28 bits per heavy atom. The van der Waals surface area contributed by atoms with Gasteiger partial charge in [0.25, 0.3) is 5.56 Å². The minimum Gasteiger partial charge on any atom is -0.351 e. The smallest absolute Gasteiger partial charge is 0.330 e. The maximum atomic E-state index is 12.1. The zero-order valence-corrected chi connectivity index (χ0v) is 14.9. The number of nitrogens with zero attached hydrogens (tertiary/aromatic N) is 6. The highest BCUT2D eigenvalue weighted by molar-refractivity contribution is 5.39. The van der Waals surface area contributed by atoms with E-state index in [1.165, 1.54) is 17.7 Å². The van der Waals surface area contributed by atoms with Crippen molar-refractivity contribution < 1.29 is 0 Å². The highest BCUT2D eigenvalue weighted by Gasteiger charge is 2.27. The fourth-order valence-electron chi connectivity index (χ4n) is 3.40. The third-order valence-corrected chi connectivity index (χ3v) is 4.81. The molecule has 2 aromatic heterocycles. The zero-order chi connectivity index (χ0) is 18.0. The average molecular weight is 344 g/mol. The van der Waals surface area contributed by atoms with Crippen molar-refractivity contribution in [2.75, 3.05) is 25.0 Å². The second kappa shape index (κ2) is 7.18. The number of aromatic nitrogens is 4. The summed E-state index contributed by atoms with van der Waals surface area (Å²) in [5.74, 6) is 0.902. The van der Waals surface area contributed by atoms with E-state index in [0.29, 0.717) is 12.6 Å². The summed E-state index contributed by atoms with van der Waals surface area (Å²) in [6.45, 7) is 2.36. The maximum Gasteiger partial charge on any atom is 0.330 e. The zero-order valence-electron chi connectivity index (χ0n) is 14.9. The van der Waals surface area contributed by atoms with E-state index in [0.717, 1.165) is 42.0 Å². The molecule has 0 amide bonds. The van der Waals surface area contributed by atoms with Crippen LogP contribution in [0.15, 0.2) is 34.0 Å². The van der Waals surface area contributed by atoms with Crippen molar-refractivity contribution in [3.05, 3.63) is 50.9 Å². The van der Waals surface area contributed by atoms with Gasteiger partial charge in [-0.1, -0.05) is 0 Å². The SMILES string of the molecule is CN(Cc1cc(=O)n(C)c(=O)n1C)CC1CCCN1c1cccnn1. The second-order valence-corrected chi connectivity index (χ2v) is 6.64. The van der Waals surface area contributed by atoms with Crippen molar-refractivity contribution in [2.45, 2.75) is 25.4 Å². The van der Waals surface area contributed by atoms with Crippen LogP contribution in [0.25, 0.3) is 0 Å². The molecular weight excluding hydrogens is 320 g/mol. The monoisotopic (exact) mass is 344 g/mol. The fraction of sp³-hybridized carbons (Fsp3) is 0.529. The van der Waals surface area contributed by atoms with Crippen molar-refractivity contribution in [1.29, 1.82) is 0 Å². The Bertz CT molecular complexity index is 844. The van der Waals surface area contributed by atoms with Crippen LogP contribution < -0.4 is 16.1 Å². The molecule has 1 unspecified atom stereocenters. The molecule has 1 aliphatic rings. The molecule has 0 aromatic carbocycles. The third kappa shape index (κ3) is 3.63. The molecule has 0 saturated carbocycles. The van der Waals surface area contributed by atoms with E-state index >= 15 is 0 Å². The van der Waals surface area contributed by atoms with Gasteiger partial charge in [0.2, 0.25) is 0 Å². The van der Waals surface area contributed by atoms with Crippen LogP contribution in [0, 0.1) is 0 Å². The lowest BCUT2D eigenvalue weighted by Crippen LogP contribution is -2.42. The van der Waals surface area contributed by atoms with Crippen LogP contribution in [0.1, 0.15) is 18.5 Å². The van der Waals surface area contributed by atoms with E-state index in [-0.39, 0.29) is 11.2 Å². The predicted octanol–water partition coefficient (Wildman–Crippen LogP) is -0.0252. The summed E-state index contributed by atoms with van der Waals surface area (Å²) < 4.78 is 2.66. The van der Waals surface area contributed by atoms with Crippen LogP contribution in [0.4, 0.5) is 5.82 Å². The van der Waals surface area contributed by atoms with Gasteiger partial charge in [-0.2, -0.15) is 5.10 Å². The normalized spacial score (nSPS) is 17.4. The molecule has 8 heteroatoms. The van der Waals surface area contributed by atoms with Crippen LogP contribution in [-0.2, 0) is 20.6 Å². The van der Waals surface area contributed by atoms with E-state index in [2.05, 4.69) is 20.0 Å². The first-order valence-electron chi connectivity index (χ1n) is 8.46. The molecule has 1 fully saturated rings. The van der Waals surface area contributed by atoms with Crippen LogP contribution >= 0.6 is 0 Å². The Morgan fingerprint density at radius 3 is 2.80 bits per heavy atom. The number of anilines is 1. The van der Waals surface area contributed by atoms with Crippen molar-refractivity contribution in [3.8, 4) is 0 Å². The van der Waals surface area contributed by atoms with Gasteiger partial charge in [0.1, 0.15) is 0 Å². The Morgan fingerprint density at radius 2 is 2.08 bits per heavy atom. The highest BCUT2D eigenvalue weighted by Crippen LogP contribution is 2.23. The lowest BCUT2D eigenvalue weighted by molar-refractivity contribution is 0.294. The van der Waals surface area contributed by atoms with Gasteiger partial charge >= 0.3 is 5.69 Å². The van der Waals surface area contributed by atoms with E-state index in [1.54, 1.807) is 13.2 Å². The van der Waals surface area contributed by atoms with Crippen molar-refractivity contribution in [3.63, 3.8) is 0 Å². The topological polar surface area (TPSA) is 76.3 Å². The lowest BCUT2D eigenvalue weighted by Gasteiger charge is -2.29. The van der Waals surface area contributed by atoms with E-state index in [1.807, 2.05) is 19.2 Å². The molecule has 25 heavy (non-hydrogen) atoms. The van der Waals surface area contributed by atoms with E-state index in [4.69, 9.17) is 0 Å². The van der Waals surface area contributed by atoms with Gasteiger partial charge in [-0.25, -0.2) is 4.79 Å². The van der Waals surface area contributed by atoms with E-state index < -0.39 is 0 Å². The molecule has 8 nitrogen and oxygen atoms in total. The van der Waals surface area contributed by atoms with Gasteiger partial charge in [-0.05, 0) is 32.0 Å². The van der Waals surface area contributed by atoms with Crippen LogP contribution in [0.3, 0.4) is 0 Å². The summed E-state index contributed by atoms with van der Waals surface area (Å²) in [4.78, 5) is 28.4. The maximum absolute atomic E-state index is 12.1. The molecule has 1 saturated heterocycles. The number of hydrogen-bond acceptors (Lipinski definition) is 6. The van der Waals surface area contributed by atoms with Crippen molar-refractivity contribution >= 4 is 5.82 Å². The summed E-state index contributed by atoms with van der Waals surface area (Å²) in [6.07, 6.45) is 3.90. The molecule has 1 atom stereocenters. The molecule has 2 aromatic rings. The quantitative estimate of drug-likeness (QED) is 0.758. The highest BCUT2D eigenvalue weighted by atomic mass is 16.2. The predicted molar refractivity (Wildman–Crippen MR) is 95.7 cm³/mol. The van der Waals surface area contributed by atoms with Crippen molar-refractivity contribution in [1.82, 2.24) is 24.2 Å². The van der Waals surface area contributed by atoms with E-state index in [9.17, 15) is 9.59 Å². The summed E-state index contributed by atoms with van der Waals surface area (Å²) in [5.41, 5.74) is 0.158. The first-order chi connectivity index (χ1) is 12.0. The molecule has 134 valence electrons. The van der Waals surface area contributed by atoms with Gasteiger partial charge < -0.3 is 4.90 Å². The lowest BCUT2D eigenvalue weighted by atomic mass is 10.2. The molecule has 3 rings (SSSR count). The summed E-state index contributed by atoms with van der Waals surface area (Å²) in [5, 5.41) is 8.19. The number of rotatable bonds is 5. The fourth-order valence-corrected chi connectivity index (χ4v) is 3.40. The van der Waals surface area contributed by atoms with Crippen LogP contribution in [0.2, 0.25) is 0 Å². The largest absolute Gasteiger partial charge is 0.351 e. The first-order valence-corrected chi connectivity index (χ1v) is 8.46. The van der Waals surface area contributed by atoms with Crippen LogP contribution in [0.5, 0.6) is 0 Å². The molecule has 0 bridgehead atoms. The molecule has 1 aliphatic heterocycles. The summed E-state index contributed by atoms with van der Waals surface area (Å²) >= 11 is 0. The van der Waals surface area contributed by atoms with Gasteiger partial charge in [0.15, 0.2) is 5.82 Å². The van der Waals surface area contributed by atoms with Gasteiger partial charge in [-0.3, -0.25) is 18.8 Å². The molecule has 3 heterocycles. The van der Waals surface area contributed by atoms with Gasteiger partial charge in [0, 0.05) is 57.7 Å². The number of likely N-dealkylation sites (N-methyl/N-ethyl adjacent to an activating group) is 1. The Balaban J connectivity index is 1.72. The number of hydrogen-bond donors (Lipinski definition) is 0. The van der Waals surface area contributed by atoms with Crippen molar-refractivity contribution in [2.24, 2.45) is 14.1 Å². The molecule has 0 N–H and O–H groups in total. The molecule has 0 aliphatic carbocycles. The van der Waals surface area contributed by atoms with Crippen LogP contribution in [-0.4, -0.2) is 50.4 Å². The Kier molecular flexibility index (Phi) is 4.98. The summed E-state index contributed by atoms with van der Waals surface area (Å²) in [6, 6.07) is 5.77. The standard InChI is InChI=1S/C17H24N6O2/c1-20(12-14-10-16(24)22(3)17(25)21(14)2)11-13-6-5-9-23(13)15-7-4-8-18-19-15/h4,7-8,10,13H,5-6,9,11-12H2,1-3H3. The first kappa shape index (κ1) is 17.3. The molecule has 0 radical (unpaired) electrons. The minimum absolute atomic E-state index is 0.270. The third-order valence-electron chi connectivity index (χ3n) is 4.81. The Labute approximate surface area is 146 Å². The Hall–Kier alpha value is -2.48. The summed E-state index contributed by atoms with van der Waals surface area (Å²) in [7, 11) is 5.21. The molecule has 0 spiro atoms. The average Bonchev–Trinajstić information content (AvgIpc) is 3.06. The van der Waals surface area contributed by atoms with Gasteiger partial charge in [0.05, 0.1) is 0 Å². The second-order valence-electron chi connectivity index (χ2n) is 6.64.